The van der Waals surface area contributed by atoms with Gasteiger partial charge < -0.3 is 0 Å². The standard InChI is InChI=1S/C29H29Cl/c1-2-3-4-8-28(21-22-10-11-23-7-5-6-9-27(23)20-22)26-14-12-24(13-15-26)25-16-18-29(30)19-17-25/h5-7,9-20,28H,2-4,8,21H2,1H3. The van der Waals surface area contributed by atoms with Crippen molar-refractivity contribution in [3.8, 4) is 11.1 Å². The summed E-state index contributed by atoms with van der Waals surface area (Å²) in [6, 6.07) is 32.8. The van der Waals surface area contributed by atoms with Crippen molar-refractivity contribution in [1.29, 1.82) is 0 Å². The van der Waals surface area contributed by atoms with Gasteiger partial charge in [0.1, 0.15) is 0 Å². The van der Waals surface area contributed by atoms with E-state index in [-0.39, 0.29) is 0 Å². The van der Waals surface area contributed by atoms with E-state index in [0.717, 1.165) is 11.4 Å². The molecule has 4 aromatic carbocycles. The van der Waals surface area contributed by atoms with Crippen LogP contribution < -0.4 is 0 Å². The maximum Gasteiger partial charge on any atom is 0.0406 e. The largest absolute Gasteiger partial charge is 0.0843 e. The monoisotopic (exact) mass is 412 g/mol. The first-order chi connectivity index (χ1) is 14.7. The van der Waals surface area contributed by atoms with Gasteiger partial charge in [-0.25, -0.2) is 0 Å². The average molecular weight is 413 g/mol. The number of halogens is 1. The van der Waals surface area contributed by atoms with Gasteiger partial charge in [0.25, 0.3) is 0 Å². The summed E-state index contributed by atoms with van der Waals surface area (Å²) >= 11 is 6.04. The van der Waals surface area contributed by atoms with E-state index in [4.69, 9.17) is 11.6 Å². The van der Waals surface area contributed by atoms with Crippen molar-refractivity contribution in [2.75, 3.05) is 0 Å². The number of hydrogen-bond acceptors (Lipinski definition) is 0. The Kier molecular flexibility index (Phi) is 6.87. The van der Waals surface area contributed by atoms with E-state index in [2.05, 4.69) is 85.8 Å². The summed E-state index contributed by atoms with van der Waals surface area (Å²) in [7, 11) is 0. The quantitative estimate of drug-likeness (QED) is 0.253. The van der Waals surface area contributed by atoms with Gasteiger partial charge in [-0.15, -0.1) is 0 Å². The predicted octanol–water partition coefficient (Wildman–Crippen LogP) is 9.07. The van der Waals surface area contributed by atoms with Gasteiger partial charge in [0.15, 0.2) is 0 Å². The molecule has 30 heavy (non-hydrogen) atoms. The van der Waals surface area contributed by atoms with E-state index in [1.165, 1.54) is 58.7 Å². The van der Waals surface area contributed by atoms with Crippen LogP contribution in [0.15, 0.2) is 91.0 Å². The molecule has 0 amide bonds. The summed E-state index contributed by atoms with van der Waals surface area (Å²) in [5, 5.41) is 3.43. The second-order valence-corrected chi connectivity index (χ2v) is 8.64. The molecule has 0 aliphatic rings. The Bertz CT molecular complexity index is 1080. The lowest BCUT2D eigenvalue weighted by molar-refractivity contribution is 0.563. The minimum Gasteiger partial charge on any atom is -0.0843 e. The Hall–Kier alpha value is -2.57. The number of unbranched alkanes of at least 4 members (excludes halogenated alkanes) is 2. The molecule has 1 unspecified atom stereocenters. The SMILES string of the molecule is CCCCCC(Cc1ccc2ccccc2c1)c1ccc(-c2ccc(Cl)cc2)cc1. The zero-order chi connectivity index (χ0) is 20.8. The molecule has 0 fully saturated rings. The van der Waals surface area contributed by atoms with E-state index in [9.17, 15) is 0 Å². The van der Waals surface area contributed by atoms with Gasteiger partial charge in [-0.3, -0.25) is 0 Å². The summed E-state index contributed by atoms with van der Waals surface area (Å²) < 4.78 is 0. The van der Waals surface area contributed by atoms with Gasteiger partial charge in [-0.05, 0) is 63.9 Å². The molecule has 0 nitrogen and oxygen atoms in total. The van der Waals surface area contributed by atoms with Crippen LogP contribution in [0.3, 0.4) is 0 Å². The van der Waals surface area contributed by atoms with Gasteiger partial charge in [-0.1, -0.05) is 117 Å². The van der Waals surface area contributed by atoms with Crippen molar-refractivity contribution in [3.63, 3.8) is 0 Å². The minimum atomic E-state index is 0.553. The first-order valence-electron chi connectivity index (χ1n) is 11.1. The molecule has 1 heteroatoms. The zero-order valence-corrected chi connectivity index (χ0v) is 18.4. The Morgan fingerprint density at radius 1 is 0.700 bits per heavy atom. The number of fused-ring (bicyclic) bond motifs is 1. The van der Waals surface area contributed by atoms with Crippen molar-refractivity contribution in [2.45, 2.75) is 44.9 Å². The molecule has 0 N–H and O–H groups in total. The van der Waals surface area contributed by atoms with Crippen molar-refractivity contribution < 1.29 is 0 Å². The van der Waals surface area contributed by atoms with Crippen LogP contribution in [-0.2, 0) is 6.42 Å². The zero-order valence-electron chi connectivity index (χ0n) is 17.7. The number of hydrogen-bond donors (Lipinski definition) is 0. The highest BCUT2D eigenvalue weighted by molar-refractivity contribution is 6.30. The van der Waals surface area contributed by atoms with Crippen molar-refractivity contribution in [2.24, 2.45) is 0 Å². The fraction of sp³-hybridized carbons (Fsp3) is 0.241. The maximum absolute atomic E-state index is 6.04. The smallest absolute Gasteiger partial charge is 0.0406 e. The minimum absolute atomic E-state index is 0.553. The molecule has 0 bridgehead atoms. The lowest BCUT2D eigenvalue weighted by Crippen LogP contribution is -2.04. The van der Waals surface area contributed by atoms with Gasteiger partial charge in [0.05, 0.1) is 0 Å². The maximum atomic E-state index is 6.04. The molecule has 1 atom stereocenters. The van der Waals surface area contributed by atoms with Crippen LogP contribution in [0.4, 0.5) is 0 Å². The molecule has 0 aliphatic carbocycles. The molecular formula is C29H29Cl. The van der Waals surface area contributed by atoms with Crippen LogP contribution in [0.2, 0.25) is 5.02 Å². The molecule has 0 aromatic heterocycles. The summed E-state index contributed by atoms with van der Waals surface area (Å²) in [6.45, 7) is 2.28. The van der Waals surface area contributed by atoms with Gasteiger partial charge >= 0.3 is 0 Å². The third-order valence-electron chi connectivity index (χ3n) is 6.01. The Labute approximate surface area is 185 Å². The van der Waals surface area contributed by atoms with Gasteiger partial charge in [-0.2, -0.15) is 0 Å². The highest BCUT2D eigenvalue weighted by Crippen LogP contribution is 2.30. The highest BCUT2D eigenvalue weighted by Gasteiger charge is 2.13. The molecule has 0 saturated heterocycles. The lowest BCUT2D eigenvalue weighted by atomic mass is 9.86. The van der Waals surface area contributed by atoms with Gasteiger partial charge in [0.2, 0.25) is 0 Å². The Morgan fingerprint density at radius 3 is 2.07 bits per heavy atom. The van der Waals surface area contributed by atoms with Crippen molar-refractivity contribution >= 4 is 22.4 Å². The third kappa shape index (κ3) is 5.12. The van der Waals surface area contributed by atoms with E-state index in [0.29, 0.717) is 5.92 Å². The van der Waals surface area contributed by atoms with E-state index >= 15 is 0 Å². The summed E-state index contributed by atoms with van der Waals surface area (Å²) in [5.74, 6) is 0.553. The molecule has 0 spiro atoms. The van der Waals surface area contributed by atoms with E-state index in [1.807, 2.05) is 12.1 Å². The van der Waals surface area contributed by atoms with Crippen LogP contribution >= 0.6 is 11.6 Å². The summed E-state index contributed by atoms with van der Waals surface area (Å²) in [6.07, 6.45) is 6.18. The molecule has 4 aromatic rings. The third-order valence-corrected chi connectivity index (χ3v) is 6.26. The molecule has 0 radical (unpaired) electrons. The normalized spacial score (nSPS) is 12.2. The average Bonchev–Trinajstić information content (AvgIpc) is 2.79. The lowest BCUT2D eigenvalue weighted by Gasteiger charge is -2.19. The highest BCUT2D eigenvalue weighted by atomic mass is 35.5. The second kappa shape index (κ2) is 9.96. The van der Waals surface area contributed by atoms with Crippen LogP contribution in [-0.4, -0.2) is 0 Å². The van der Waals surface area contributed by atoms with Crippen LogP contribution in [0, 0.1) is 0 Å². The predicted molar refractivity (Wildman–Crippen MR) is 131 cm³/mol. The number of rotatable bonds is 8. The fourth-order valence-electron chi connectivity index (χ4n) is 4.27. The Balaban J connectivity index is 1.56. The van der Waals surface area contributed by atoms with E-state index < -0.39 is 0 Å². The topological polar surface area (TPSA) is 0 Å². The summed E-state index contributed by atoms with van der Waals surface area (Å²) in [5.41, 5.74) is 5.32. The van der Waals surface area contributed by atoms with Crippen LogP contribution in [0.5, 0.6) is 0 Å². The van der Waals surface area contributed by atoms with Crippen molar-refractivity contribution in [1.82, 2.24) is 0 Å². The van der Waals surface area contributed by atoms with Crippen LogP contribution in [0.25, 0.3) is 21.9 Å². The summed E-state index contributed by atoms with van der Waals surface area (Å²) in [4.78, 5) is 0. The first kappa shape index (κ1) is 20.7. The molecular weight excluding hydrogens is 384 g/mol. The molecule has 0 aliphatic heterocycles. The second-order valence-electron chi connectivity index (χ2n) is 8.21. The first-order valence-corrected chi connectivity index (χ1v) is 11.4. The molecule has 0 heterocycles. The molecule has 152 valence electrons. The molecule has 0 saturated carbocycles. The van der Waals surface area contributed by atoms with Crippen LogP contribution in [0.1, 0.15) is 49.7 Å². The number of benzene rings is 4. The van der Waals surface area contributed by atoms with E-state index in [1.54, 1.807) is 0 Å². The molecule has 4 rings (SSSR count). The van der Waals surface area contributed by atoms with Gasteiger partial charge in [0, 0.05) is 5.02 Å². The Morgan fingerprint density at radius 2 is 1.37 bits per heavy atom. The fourth-order valence-corrected chi connectivity index (χ4v) is 4.39. The van der Waals surface area contributed by atoms with Crippen molar-refractivity contribution in [3.05, 3.63) is 107 Å².